The zero-order valence-corrected chi connectivity index (χ0v) is 28.0. The number of carbonyl (C=O) groups excluding carboxylic acids is 1. The normalized spacial score (nSPS) is 16.1. The van der Waals surface area contributed by atoms with Gasteiger partial charge in [0.1, 0.15) is 5.75 Å². The topological polar surface area (TPSA) is 67.9 Å². The zero-order valence-electron chi connectivity index (χ0n) is 26.1. The van der Waals surface area contributed by atoms with Crippen molar-refractivity contribution in [2.24, 2.45) is 0 Å². The minimum Gasteiger partial charge on any atom is -0.497 e. The van der Waals surface area contributed by atoms with Crippen LogP contribution in [0.5, 0.6) is 5.75 Å². The van der Waals surface area contributed by atoms with Crippen molar-refractivity contribution in [1.29, 1.82) is 0 Å². The van der Waals surface area contributed by atoms with Crippen LogP contribution in [0.1, 0.15) is 36.4 Å². The fraction of sp³-hybridized carbons (Fsp3) is 0.306. The summed E-state index contributed by atoms with van der Waals surface area (Å²) in [5.74, 6) is 0.590. The predicted octanol–water partition coefficient (Wildman–Crippen LogP) is 7.01. The Kier molecular flexibility index (Phi) is 9.91. The highest BCUT2D eigenvalue weighted by Gasteiger charge is 2.55. The zero-order chi connectivity index (χ0) is 31.2. The fourth-order valence-electron chi connectivity index (χ4n) is 6.03. The van der Waals surface area contributed by atoms with Crippen LogP contribution in [0.15, 0.2) is 115 Å². The Labute approximate surface area is 263 Å². The van der Waals surface area contributed by atoms with Crippen molar-refractivity contribution in [1.82, 2.24) is 9.99 Å². The van der Waals surface area contributed by atoms with Gasteiger partial charge in [0.2, 0.25) is 7.29 Å². The van der Waals surface area contributed by atoms with Crippen LogP contribution >= 0.6 is 7.29 Å². The Bertz CT molecular complexity index is 1510. The second-order valence-electron chi connectivity index (χ2n) is 12.3. The highest BCUT2D eigenvalue weighted by molar-refractivity contribution is 7.76. The molecule has 2 unspecified atom stereocenters. The van der Waals surface area contributed by atoms with Crippen LogP contribution in [-0.4, -0.2) is 39.3 Å². The maximum atomic E-state index is 15.7. The summed E-state index contributed by atoms with van der Waals surface area (Å²) in [6.45, 7) is 7.63. The number of carbonyl (C=O) groups is 1. The van der Waals surface area contributed by atoms with Gasteiger partial charge in [-0.05, 0) is 86.4 Å². The van der Waals surface area contributed by atoms with Crippen LogP contribution in [0, 0.1) is 0 Å². The Balaban J connectivity index is 1.82. The van der Waals surface area contributed by atoms with Gasteiger partial charge in [-0.25, -0.2) is 5.09 Å². The van der Waals surface area contributed by atoms with Crippen molar-refractivity contribution in [3.05, 3.63) is 126 Å². The number of piperidine rings is 1. The largest absolute Gasteiger partial charge is 0.497 e. The first-order chi connectivity index (χ1) is 21.2. The van der Waals surface area contributed by atoms with Crippen LogP contribution < -0.4 is 20.4 Å². The van der Waals surface area contributed by atoms with Crippen molar-refractivity contribution in [3.8, 4) is 5.75 Å². The standard InChI is InChI=1S/C36H43N2O4PSi/c1-41-31-25-23-29(24-26-31)34(37-43(40,32-19-11-6-12-20-32)33-21-13-7-14-22-33)36(42-44(2,3)4,30-17-9-5-10-18-30)35(39)38-27-15-8-16-28-38/h5-7,9-14,17-26,34H,8,15-16,27-28H2,1-4H3,(H,37,40). The number of likely N-dealkylation sites (tertiary alicyclic amines) is 1. The Hall–Kier alpha value is -3.48. The summed E-state index contributed by atoms with van der Waals surface area (Å²) >= 11 is 0. The molecule has 5 rings (SSSR count). The lowest BCUT2D eigenvalue weighted by Gasteiger charge is -2.47. The fourth-order valence-corrected chi connectivity index (χ4v) is 9.79. The molecule has 1 amide bonds. The molecule has 8 heteroatoms. The number of amides is 1. The average molecular weight is 627 g/mol. The van der Waals surface area contributed by atoms with Crippen LogP contribution in [0.25, 0.3) is 0 Å². The lowest BCUT2D eigenvalue weighted by atomic mass is 9.81. The number of hydrogen-bond donors (Lipinski definition) is 1. The van der Waals surface area contributed by atoms with Crippen LogP contribution in [0.3, 0.4) is 0 Å². The number of benzene rings is 4. The van der Waals surface area contributed by atoms with Crippen molar-refractivity contribution in [2.45, 2.75) is 50.5 Å². The number of methoxy groups -OCH3 is 1. The van der Waals surface area contributed by atoms with Gasteiger partial charge in [-0.1, -0.05) is 78.9 Å². The van der Waals surface area contributed by atoms with Crippen LogP contribution in [0.2, 0.25) is 19.6 Å². The maximum Gasteiger partial charge on any atom is 0.260 e. The van der Waals surface area contributed by atoms with E-state index in [0.717, 1.165) is 30.4 Å². The van der Waals surface area contributed by atoms with E-state index in [1.54, 1.807) is 7.11 Å². The molecule has 0 aromatic heterocycles. The molecule has 1 fully saturated rings. The minimum absolute atomic E-state index is 0.105. The summed E-state index contributed by atoms with van der Waals surface area (Å²) in [5.41, 5.74) is 0.0148. The molecule has 2 atom stereocenters. The molecule has 0 aliphatic carbocycles. The van der Waals surface area contributed by atoms with Gasteiger partial charge in [0.05, 0.1) is 13.2 Å². The summed E-state index contributed by atoms with van der Waals surface area (Å²) < 4.78 is 28.4. The molecule has 44 heavy (non-hydrogen) atoms. The Morgan fingerprint density at radius 1 is 0.773 bits per heavy atom. The quantitative estimate of drug-likeness (QED) is 0.143. The maximum absolute atomic E-state index is 15.7. The van der Waals surface area contributed by atoms with E-state index in [0.29, 0.717) is 29.4 Å². The molecule has 1 aliphatic rings. The summed E-state index contributed by atoms with van der Waals surface area (Å²) in [4.78, 5) is 17.2. The van der Waals surface area contributed by atoms with Gasteiger partial charge in [-0.3, -0.25) is 9.36 Å². The van der Waals surface area contributed by atoms with Gasteiger partial charge in [0.25, 0.3) is 5.91 Å². The number of nitrogens with one attached hydrogen (secondary N) is 1. The third kappa shape index (κ3) is 6.77. The summed E-state index contributed by atoms with van der Waals surface area (Å²) in [6, 6.07) is 35.6. The number of rotatable bonds is 11. The molecule has 1 aliphatic heterocycles. The van der Waals surface area contributed by atoms with Gasteiger partial charge in [-0.15, -0.1) is 0 Å². The van der Waals surface area contributed by atoms with Crippen LogP contribution in [-0.2, 0) is 19.4 Å². The van der Waals surface area contributed by atoms with E-state index in [1.165, 1.54) is 0 Å². The van der Waals surface area contributed by atoms with E-state index in [4.69, 9.17) is 9.16 Å². The average Bonchev–Trinajstić information content (AvgIpc) is 3.07. The smallest absolute Gasteiger partial charge is 0.260 e. The summed E-state index contributed by atoms with van der Waals surface area (Å²) in [7, 11) is -4.36. The third-order valence-corrected chi connectivity index (χ3v) is 11.6. The molecule has 0 radical (unpaired) electrons. The Morgan fingerprint density at radius 2 is 1.27 bits per heavy atom. The molecule has 0 saturated carbocycles. The highest BCUT2D eigenvalue weighted by Crippen LogP contribution is 2.50. The molecule has 0 bridgehead atoms. The highest BCUT2D eigenvalue weighted by atomic mass is 31.2. The second kappa shape index (κ2) is 13.7. The van der Waals surface area contributed by atoms with E-state index in [-0.39, 0.29) is 5.91 Å². The summed E-state index contributed by atoms with van der Waals surface area (Å²) in [5, 5.41) is 4.98. The molecule has 6 nitrogen and oxygen atoms in total. The first-order valence-corrected chi connectivity index (χ1v) is 20.5. The van der Waals surface area contributed by atoms with Gasteiger partial charge in [0.15, 0.2) is 13.9 Å². The van der Waals surface area contributed by atoms with E-state index in [1.807, 2.05) is 120 Å². The number of ether oxygens (including phenoxy) is 1. The van der Waals surface area contributed by atoms with Gasteiger partial charge < -0.3 is 14.1 Å². The molecule has 0 spiro atoms. The predicted molar refractivity (Wildman–Crippen MR) is 182 cm³/mol. The number of hydrogen-bond acceptors (Lipinski definition) is 4. The number of nitrogens with zero attached hydrogens (tertiary/aromatic N) is 1. The van der Waals surface area contributed by atoms with Crippen molar-refractivity contribution >= 4 is 32.1 Å². The monoisotopic (exact) mass is 626 g/mol. The molecule has 4 aromatic carbocycles. The Morgan fingerprint density at radius 3 is 1.75 bits per heavy atom. The van der Waals surface area contributed by atoms with Crippen molar-refractivity contribution < 1.29 is 18.5 Å². The van der Waals surface area contributed by atoms with Crippen molar-refractivity contribution in [3.63, 3.8) is 0 Å². The molecular weight excluding hydrogens is 583 g/mol. The molecular formula is C36H43N2O4PSi. The third-order valence-electron chi connectivity index (χ3n) is 8.04. The van der Waals surface area contributed by atoms with E-state index < -0.39 is 27.3 Å². The first kappa shape index (κ1) is 31.9. The molecule has 1 saturated heterocycles. The molecule has 1 N–H and O–H groups in total. The van der Waals surface area contributed by atoms with E-state index in [9.17, 15) is 0 Å². The molecule has 230 valence electrons. The van der Waals surface area contributed by atoms with E-state index in [2.05, 4.69) is 24.7 Å². The first-order valence-electron chi connectivity index (χ1n) is 15.4. The van der Waals surface area contributed by atoms with E-state index >= 15 is 9.36 Å². The minimum atomic E-state index is -3.54. The SMILES string of the molecule is COc1ccc(C(NP(=O)(c2ccccc2)c2ccccc2)C(O[Si](C)(C)C)(C(=O)N2CCCCC2)c2ccccc2)cc1. The van der Waals surface area contributed by atoms with Gasteiger partial charge >= 0.3 is 0 Å². The van der Waals surface area contributed by atoms with Crippen molar-refractivity contribution in [2.75, 3.05) is 20.2 Å². The van der Waals surface area contributed by atoms with Gasteiger partial charge in [0, 0.05) is 23.7 Å². The van der Waals surface area contributed by atoms with Crippen LogP contribution in [0.4, 0.5) is 0 Å². The lowest BCUT2D eigenvalue weighted by Crippen LogP contribution is -2.59. The molecule has 1 heterocycles. The van der Waals surface area contributed by atoms with Gasteiger partial charge in [-0.2, -0.15) is 0 Å². The molecule has 4 aromatic rings. The summed E-state index contributed by atoms with van der Waals surface area (Å²) in [6.07, 6.45) is 2.97. The lowest BCUT2D eigenvalue weighted by molar-refractivity contribution is -0.154. The second-order valence-corrected chi connectivity index (χ2v) is 19.2.